The monoisotopic (exact) mass is 225 g/mol. The second kappa shape index (κ2) is 6.58. The summed E-state index contributed by atoms with van der Waals surface area (Å²) in [6, 6.07) is 0.830. The Labute approximate surface area is 100 Å². The van der Waals surface area contributed by atoms with Crippen molar-refractivity contribution in [3.63, 3.8) is 0 Å². The summed E-state index contributed by atoms with van der Waals surface area (Å²) in [4.78, 5) is 5.15. The largest absolute Gasteiger partial charge is 0.313 e. The SMILES string of the molecule is CCN1CCN(CCNC2CCCC2)CC1. The fourth-order valence-corrected chi connectivity index (χ4v) is 2.89. The zero-order valence-electron chi connectivity index (χ0n) is 10.7. The minimum Gasteiger partial charge on any atom is -0.313 e. The Morgan fingerprint density at radius 2 is 1.62 bits per heavy atom. The van der Waals surface area contributed by atoms with Crippen LogP contribution >= 0.6 is 0 Å². The molecule has 3 nitrogen and oxygen atoms in total. The average molecular weight is 225 g/mol. The first-order valence-electron chi connectivity index (χ1n) is 7.06. The maximum absolute atomic E-state index is 3.70. The molecule has 3 heteroatoms. The summed E-state index contributed by atoms with van der Waals surface area (Å²) < 4.78 is 0. The van der Waals surface area contributed by atoms with Gasteiger partial charge in [-0.1, -0.05) is 19.8 Å². The molecule has 1 N–H and O–H groups in total. The number of rotatable bonds is 5. The average Bonchev–Trinajstić information content (AvgIpc) is 2.83. The van der Waals surface area contributed by atoms with Gasteiger partial charge in [0.15, 0.2) is 0 Å². The fourth-order valence-electron chi connectivity index (χ4n) is 2.89. The lowest BCUT2D eigenvalue weighted by atomic mass is 10.2. The first kappa shape index (κ1) is 12.3. The molecule has 16 heavy (non-hydrogen) atoms. The highest BCUT2D eigenvalue weighted by molar-refractivity contribution is 4.76. The number of nitrogens with zero attached hydrogens (tertiary/aromatic N) is 2. The van der Waals surface area contributed by atoms with Gasteiger partial charge in [-0.25, -0.2) is 0 Å². The zero-order valence-corrected chi connectivity index (χ0v) is 10.7. The molecule has 0 amide bonds. The highest BCUT2D eigenvalue weighted by Crippen LogP contribution is 2.17. The van der Waals surface area contributed by atoms with E-state index in [1.165, 1.54) is 71.5 Å². The quantitative estimate of drug-likeness (QED) is 0.757. The van der Waals surface area contributed by atoms with Crippen molar-refractivity contribution in [3.05, 3.63) is 0 Å². The van der Waals surface area contributed by atoms with E-state index in [1.807, 2.05) is 0 Å². The molecule has 1 heterocycles. The van der Waals surface area contributed by atoms with E-state index < -0.39 is 0 Å². The predicted octanol–water partition coefficient (Wildman–Crippen LogP) is 1.16. The molecule has 2 fully saturated rings. The van der Waals surface area contributed by atoms with E-state index in [0.717, 1.165) is 6.04 Å². The van der Waals surface area contributed by atoms with Crippen molar-refractivity contribution in [2.75, 3.05) is 45.8 Å². The third-order valence-corrected chi connectivity index (χ3v) is 4.13. The van der Waals surface area contributed by atoms with Gasteiger partial charge in [0.2, 0.25) is 0 Å². The summed E-state index contributed by atoms with van der Waals surface area (Å²) in [5.41, 5.74) is 0. The Hall–Kier alpha value is -0.120. The van der Waals surface area contributed by atoms with Crippen LogP contribution in [-0.4, -0.2) is 61.7 Å². The second-order valence-electron chi connectivity index (χ2n) is 5.21. The lowest BCUT2D eigenvalue weighted by Crippen LogP contribution is -2.48. The number of likely N-dealkylation sites (N-methyl/N-ethyl adjacent to an activating group) is 1. The Bertz CT molecular complexity index is 182. The lowest BCUT2D eigenvalue weighted by molar-refractivity contribution is 0.137. The molecule has 1 aliphatic heterocycles. The molecular weight excluding hydrogens is 198 g/mol. The normalized spacial score (nSPS) is 25.3. The van der Waals surface area contributed by atoms with Crippen LogP contribution in [-0.2, 0) is 0 Å². The summed E-state index contributed by atoms with van der Waals surface area (Å²) in [6.45, 7) is 11.0. The van der Waals surface area contributed by atoms with Gasteiger partial charge in [-0.15, -0.1) is 0 Å². The number of nitrogens with one attached hydrogen (secondary N) is 1. The second-order valence-corrected chi connectivity index (χ2v) is 5.21. The molecule has 0 aromatic rings. The van der Waals surface area contributed by atoms with Crippen LogP contribution in [0.5, 0.6) is 0 Å². The topological polar surface area (TPSA) is 18.5 Å². The molecule has 0 bridgehead atoms. The summed E-state index contributed by atoms with van der Waals surface area (Å²) in [7, 11) is 0. The van der Waals surface area contributed by atoms with E-state index in [2.05, 4.69) is 22.0 Å². The first-order valence-corrected chi connectivity index (χ1v) is 7.06. The minimum atomic E-state index is 0.830. The van der Waals surface area contributed by atoms with Crippen LogP contribution in [0.4, 0.5) is 0 Å². The van der Waals surface area contributed by atoms with Crippen LogP contribution < -0.4 is 5.32 Å². The van der Waals surface area contributed by atoms with E-state index in [4.69, 9.17) is 0 Å². The Balaban J connectivity index is 1.53. The molecule has 1 saturated heterocycles. The summed E-state index contributed by atoms with van der Waals surface area (Å²) in [6.07, 6.45) is 5.69. The maximum Gasteiger partial charge on any atom is 0.0110 e. The Kier molecular flexibility index (Phi) is 5.07. The standard InChI is InChI=1S/C13H27N3/c1-2-15-9-11-16(12-10-15)8-7-14-13-5-3-4-6-13/h13-14H,2-12H2,1H3. The molecule has 0 aromatic heterocycles. The number of hydrogen-bond donors (Lipinski definition) is 1. The first-order chi connectivity index (χ1) is 7.88. The smallest absolute Gasteiger partial charge is 0.0110 e. The number of piperazine rings is 1. The van der Waals surface area contributed by atoms with Crippen LogP contribution in [0.2, 0.25) is 0 Å². The predicted molar refractivity (Wildman–Crippen MR) is 68.8 cm³/mol. The van der Waals surface area contributed by atoms with Gasteiger partial charge in [-0.05, 0) is 19.4 Å². The van der Waals surface area contributed by atoms with Gasteiger partial charge in [-0.3, -0.25) is 4.90 Å². The van der Waals surface area contributed by atoms with Gasteiger partial charge >= 0.3 is 0 Å². The van der Waals surface area contributed by atoms with Crippen LogP contribution in [0.3, 0.4) is 0 Å². The van der Waals surface area contributed by atoms with Gasteiger partial charge in [0, 0.05) is 45.3 Å². The Morgan fingerprint density at radius 3 is 2.25 bits per heavy atom. The molecular formula is C13H27N3. The molecule has 0 unspecified atom stereocenters. The van der Waals surface area contributed by atoms with Crippen molar-refractivity contribution < 1.29 is 0 Å². The van der Waals surface area contributed by atoms with Crippen molar-refractivity contribution in [3.8, 4) is 0 Å². The van der Waals surface area contributed by atoms with Crippen molar-refractivity contribution in [2.24, 2.45) is 0 Å². The summed E-state index contributed by atoms with van der Waals surface area (Å²) >= 11 is 0. The van der Waals surface area contributed by atoms with E-state index in [0.29, 0.717) is 0 Å². The minimum absolute atomic E-state index is 0.830. The lowest BCUT2D eigenvalue weighted by Gasteiger charge is -2.34. The van der Waals surface area contributed by atoms with Gasteiger partial charge in [-0.2, -0.15) is 0 Å². The van der Waals surface area contributed by atoms with Crippen molar-refractivity contribution in [1.82, 2.24) is 15.1 Å². The van der Waals surface area contributed by atoms with Gasteiger partial charge in [0.05, 0.1) is 0 Å². The maximum atomic E-state index is 3.70. The molecule has 94 valence electrons. The molecule has 2 rings (SSSR count). The zero-order chi connectivity index (χ0) is 11.2. The molecule has 1 aliphatic carbocycles. The van der Waals surface area contributed by atoms with E-state index in [-0.39, 0.29) is 0 Å². The molecule has 0 spiro atoms. The van der Waals surface area contributed by atoms with Crippen LogP contribution in [0, 0.1) is 0 Å². The summed E-state index contributed by atoms with van der Waals surface area (Å²) in [5.74, 6) is 0. The van der Waals surface area contributed by atoms with Crippen LogP contribution in [0.25, 0.3) is 0 Å². The fraction of sp³-hybridized carbons (Fsp3) is 1.00. The van der Waals surface area contributed by atoms with Gasteiger partial charge < -0.3 is 10.2 Å². The van der Waals surface area contributed by atoms with Crippen LogP contribution in [0.1, 0.15) is 32.6 Å². The highest BCUT2D eigenvalue weighted by atomic mass is 15.3. The van der Waals surface area contributed by atoms with E-state index >= 15 is 0 Å². The third kappa shape index (κ3) is 3.72. The molecule has 1 saturated carbocycles. The van der Waals surface area contributed by atoms with Crippen molar-refractivity contribution in [1.29, 1.82) is 0 Å². The Morgan fingerprint density at radius 1 is 1.00 bits per heavy atom. The van der Waals surface area contributed by atoms with E-state index in [9.17, 15) is 0 Å². The number of hydrogen-bond acceptors (Lipinski definition) is 3. The molecule has 0 aromatic carbocycles. The van der Waals surface area contributed by atoms with Crippen molar-refractivity contribution in [2.45, 2.75) is 38.6 Å². The molecule has 0 radical (unpaired) electrons. The highest BCUT2D eigenvalue weighted by Gasteiger charge is 2.16. The van der Waals surface area contributed by atoms with Gasteiger partial charge in [0.1, 0.15) is 0 Å². The molecule has 0 atom stereocenters. The third-order valence-electron chi connectivity index (χ3n) is 4.13. The van der Waals surface area contributed by atoms with E-state index in [1.54, 1.807) is 0 Å². The summed E-state index contributed by atoms with van der Waals surface area (Å²) in [5, 5.41) is 3.70. The van der Waals surface area contributed by atoms with Crippen molar-refractivity contribution >= 4 is 0 Å². The van der Waals surface area contributed by atoms with Crippen LogP contribution in [0.15, 0.2) is 0 Å². The molecule has 2 aliphatic rings. The van der Waals surface area contributed by atoms with Gasteiger partial charge in [0.25, 0.3) is 0 Å².